The van der Waals surface area contributed by atoms with Crippen molar-refractivity contribution in [3.05, 3.63) is 65.9 Å². The lowest BCUT2D eigenvalue weighted by Crippen LogP contribution is -2.40. The number of carbonyl (C=O) groups excluding carboxylic acids is 1. The van der Waals surface area contributed by atoms with Gasteiger partial charge in [-0.3, -0.25) is 9.78 Å². The maximum absolute atomic E-state index is 12.9. The number of anilines is 3. The summed E-state index contributed by atoms with van der Waals surface area (Å²) < 4.78 is 11.6. The summed E-state index contributed by atoms with van der Waals surface area (Å²) >= 11 is 0. The van der Waals surface area contributed by atoms with Gasteiger partial charge in [0.2, 0.25) is 5.91 Å². The minimum Gasteiger partial charge on any atom is -0.486 e. The molecule has 1 aliphatic heterocycles. The molecule has 10 nitrogen and oxygen atoms in total. The Hall–Kier alpha value is -4.45. The lowest BCUT2D eigenvalue weighted by Gasteiger charge is -2.26. The van der Waals surface area contributed by atoms with E-state index in [0.29, 0.717) is 64.5 Å². The van der Waals surface area contributed by atoms with Crippen molar-refractivity contribution < 1.29 is 24.5 Å². The van der Waals surface area contributed by atoms with E-state index in [-0.39, 0.29) is 12.6 Å². The van der Waals surface area contributed by atoms with Crippen molar-refractivity contribution in [3.63, 3.8) is 0 Å². The first-order valence-electron chi connectivity index (χ1n) is 12.8. The molecule has 4 N–H and O–H groups in total. The normalized spacial score (nSPS) is 16.4. The van der Waals surface area contributed by atoms with Crippen molar-refractivity contribution in [2.45, 2.75) is 38.8 Å². The molecular formula is C30H31N5O5. The van der Waals surface area contributed by atoms with Gasteiger partial charge in [0, 0.05) is 47.9 Å². The number of aromatic nitrogens is 1. The zero-order valence-corrected chi connectivity index (χ0v) is 22.3. The molecular weight excluding hydrogens is 510 g/mol. The lowest BCUT2D eigenvalue weighted by molar-refractivity contribution is -0.112. The van der Waals surface area contributed by atoms with Crippen LogP contribution in [0.15, 0.2) is 54.7 Å². The van der Waals surface area contributed by atoms with Crippen molar-refractivity contribution in [1.82, 2.24) is 9.88 Å². The number of nitrogens with one attached hydrogen (secondary N) is 2. The minimum absolute atomic E-state index is 0.156. The van der Waals surface area contributed by atoms with Crippen LogP contribution < -0.4 is 15.4 Å². The summed E-state index contributed by atoms with van der Waals surface area (Å²) in [6.07, 6.45) is 8.63. The molecule has 0 saturated carbocycles. The summed E-state index contributed by atoms with van der Waals surface area (Å²) in [4.78, 5) is 18.8. The van der Waals surface area contributed by atoms with Gasteiger partial charge in [0.25, 0.3) is 0 Å². The number of pyridine rings is 1. The Morgan fingerprint density at radius 2 is 2.12 bits per heavy atom. The Morgan fingerprint density at radius 1 is 1.32 bits per heavy atom. The summed E-state index contributed by atoms with van der Waals surface area (Å²) in [7, 11) is 0. The number of benzene rings is 2. The Balaban J connectivity index is 1.71. The van der Waals surface area contributed by atoms with Crippen molar-refractivity contribution in [2.24, 2.45) is 0 Å². The monoisotopic (exact) mass is 541 g/mol. The molecule has 1 fully saturated rings. The van der Waals surface area contributed by atoms with Gasteiger partial charge in [-0.25, -0.2) is 4.90 Å². The maximum atomic E-state index is 12.9. The highest BCUT2D eigenvalue weighted by Crippen LogP contribution is 2.37. The van der Waals surface area contributed by atoms with Crippen LogP contribution in [0, 0.1) is 23.7 Å². The van der Waals surface area contributed by atoms with Crippen molar-refractivity contribution >= 4 is 33.9 Å². The molecule has 1 saturated heterocycles. The average Bonchev–Trinajstić information content (AvgIpc) is 3.44. The molecule has 10 heteroatoms. The van der Waals surface area contributed by atoms with Gasteiger partial charge in [-0.05, 0) is 38.1 Å². The fourth-order valence-corrected chi connectivity index (χ4v) is 4.32. The average molecular weight is 542 g/mol. The van der Waals surface area contributed by atoms with E-state index in [2.05, 4.69) is 27.6 Å². The minimum atomic E-state index is -0.893. The highest BCUT2D eigenvalue weighted by molar-refractivity contribution is 6.04. The first-order valence-corrected chi connectivity index (χ1v) is 12.8. The van der Waals surface area contributed by atoms with Gasteiger partial charge >= 0.3 is 0 Å². The number of amides is 1. The van der Waals surface area contributed by atoms with Crippen LogP contribution in [0.2, 0.25) is 0 Å². The van der Waals surface area contributed by atoms with Gasteiger partial charge in [0.05, 0.1) is 35.7 Å². The maximum Gasteiger partial charge on any atom is 0.248 e. The Labute approximate surface area is 232 Å². The van der Waals surface area contributed by atoms with Crippen LogP contribution in [0.1, 0.15) is 31.4 Å². The van der Waals surface area contributed by atoms with Crippen LogP contribution in [0.3, 0.4) is 0 Å². The predicted molar refractivity (Wildman–Crippen MR) is 152 cm³/mol. The van der Waals surface area contributed by atoms with Crippen LogP contribution in [-0.4, -0.2) is 64.3 Å². The number of aliphatic hydroxyl groups is 2. The second-order valence-electron chi connectivity index (χ2n) is 9.33. The molecule has 4 rings (SSSR count). The van der Waals surface area contributed by atoms with Gasteiger partial charge in [-0.2, -0.15) is 5.26 Å². The zero-order chi connectivity index (χ0) is 28.6. The van der Waals surface area contributed by atoms with Crippen molar-refractivity contribution in [2.75, 3.05) is 30.4 Å². The number of carbonyl (C=O) groups is 1. The van der Waals surface area contributed by atoms with Crippen molar-refractivity contribution in [3.8, 4) is 24.2 Å². The molecule has 0 bridgehead atoms. The third-order valence-electron chi connectivity index (χ3n) is 6.37. The molecule has 2 aromatic carbocycles. The molecule has 0 aliphatic carbocycles. The Morgan fingerprint density at radius 3 is 2.80 bits per heavy atom. The fraction of sp³-hybridized carbons (Fsp3) is 0.300. The van der Waals surface area contributed by atoms with E-state index in [1.54, 1.807) is 30.3 Å². The largest absolute Gasteiger partial charge is 0.486 e. The zero-order valence-electron chi connectivity index (χ0n) is 22.3. The molecule has 1 amide bonds. The predicted octanol–water partition coefficient (Wildman–Crippen LogP) is 3.47. The molecule has 40 heavy (non-hydrogen) atoms. The molecule has 3 atom stereocenters. The standard InChI is InChI=1S/C30H31N5O5/c1-4-21-7-5-8-23(13-21)33-30-22(16-31)17-32-26-15-28(40-24-10-12-39-18-24)27(14-25(26)30)34-29(38)9-6-11-35(19(2)36)20(3)37/h1,5-9,13-15,17,19-20,24,36-37H,10-12,18H2,2-3H3,(H,32,33)(H,34,38)/b9-6+/t19-,20?,24?/m0/s1. The summed E-state index contributed by atoms with van der Waals surface area (Å²) in [6.45, 7) is 4.23. The summed E-state index contributed by atoms with van der Waals surface area (Å²) in [5.74, 6) is 2.57. The first-order chi connectivity index (χ1) is 19.3. The number of rotatable bonds is 10. The van der Waals surface area contributed by atoms with Crippen LogP contribution in [0.25, 0.3) is 10.9 Å². The molecule has 1 aliphatic rings. The number of aliphatic hydroxyl groups excluding tert-OH is 2. The van der Waals surface area contributed by atoms with E-state index in [1.807, 2.05) is 12.1 Å². The first kappa shape index (κ1) is 28.6. The highest BCUT2D eigenvalue weighted by Gasteiger charge is 2.21. The van der Waals surface area contributed by atoms with E-state index in [1.165, 1.54) is 31.0 Å². The van der Waals surface area contributed by atoms with Crippen LogP contribution in [0.4, 0.5) is 17.1 Å². The van der Waals surface area contributed by atoms with E-state index < -0.39 is 18.4 Å². The third-order valence-corrected chi connectivity index (χ3v) is 6.37. The van der Waals surface area contributed by atoms with Gasteiger partial charge in [0.15, 0.2) is 0 Å². The van der Waals surface area contributed by atoms with E-state index >= 15 is 0 Å². The van der Waals surface area contributed by atoms with Gasteiger partial charge in [0.1, 0.15) is 30.4 Å². The number of terminal acetylenes is 1. The lowest BCUT2D eigenvalue weighted by atomic mass is 10.1. The topological polar surface area (TPSA) is 140 Å². The summed E-state index contributed by atoms with van der Waals surface area (Å²) in [6, 6.07) is 12.9. The molecule has 2 unspecified atom stereocenters. The quantitative estimate of drug-likeness (QED) is 0.173. The van der Waals surface area contributed by atoms with Crippen LogP contribution >= 0.6 is 0 Å². The highest BCUT2D eigenvalue weighted by atomic mass is 16.5. The third kappa shape index (κ3) is 6.94. The second-order valence-corrected chi connectivity index (χ2v) is 9.33. The number of nitriles is 1. The number of ether oxygens (including phenoxy) is 2. The van der Waals surface area contributed by atoms with Crippen molar-refractivity contribution in [1.29, 1.82) is 5.26 Å². The smallest absolute Gasteiger partial charge is 0.248 e. The summed E-state index contributed by atoms with van der Waals surface area (Å²) in [5.41, 5.74) is 3.13. The molecule has 0 radical (unpaired) electrons. The number of fused-ring (bicyclic) bond motifs is 1. The van der Waals surface area contributed by atoms with Gasteiger partial charge in [-0.1, -0.05) is 18.1 Å². The summed E-state index contributed by atoms with van der Waals surface area (Å²) in [5, 5.41) is 36.2. The van der Waals surface area contributed by atoms with E-state index in [4.69, 9.17) is 15.9 Å². The molecule has 0 spiro atoms. The number of hydrogen-bond donors (Lipinski definition) is 4. The Kier molecular flexibility index (Phi) is 9.33. The fourth-order valence-electron chi connectivity index (χ4n) is 4.32. The van der Waals surface area contributed by atoms with Crippen LogP contribution in [0.5, 0.6) is 5.75 Å². The van der Waals surface area contributed by atoms with Gasteiger partial charge in [-0.15, -0.1) is 6.42 Å². The number of hydrogen-bond acceptors (Lipinski definition) is 9. The Bertz CT molecular complexity index is 1470. The molecule has 206 valence electrons. The molecule has 3 aromatic rings. The molecule has 1 aromatic heterocycles. The SMILES string of the molecule is C#Cc1cccc(Nc2c(C#N)cnc3cc(OC4CCOC4)c(NC(=O)/C=C/CN(C(C)O)[C@H](C)O)cc23)c1. The van der Waals surface area contributed by atoms with E-state index in [9.17, 15) is 20.3 Å². The molecule has 2 heterocycles. The van der Waals surface area contributed by atoms with Crippen LogP contribution in [-0.2, 0) is 9.53 Å². The number of nitrogens with zero attached hydrogens (tertiary/aromatic N) is 3. The second kappa shape index (κ2) is 13.1. The van der Waals surface area contributed by atoms with Gasteiger partial charge < -0.3 is 30.3 Å². The van der Waals surface area contributed by atoms with E-state index in [0.717, 1.165) is 0 Å².